The van der Waals surface area contributed by atoms with Crippen LogP contribution in [0.4, 0.5) is 23.0 Å². The molecule has 0 amide bonds. The Balaban J connectivity index is 1.81. The molecule has 0 aliphatic rings. The van der Waals surface area contributed by atoms with E-state index in [1.807, 2.05) is 37.3 Å². The average Bonchev–Trinajstić information content (AvgIpc) is 2.59. The molecule has 6 heteroatoms. The highest BCUT2D eigenvalue weighted by Crippen LogP contribution is 2.26. The molecule has 0 radical (unpaired) electrons. The molecule has 0 aliphatic heterocycles. The normalized spacial score (nSPS) is 10.4. The fourth-order valence-corrected chi connectivity index (χ4v) is 2.51. The van der Waals surface area contributed by atoms with Gasteiger partial charge in [0.25, 0.3) is 0 Å². The Kier molecular flexibility index (Phi) is 4.95. The van der Waals surface area contributed by atoms with E-state index >= 15 is 0 Å². The Hall–Kier alpha value is -2.92. The third kappa shape index (κ3) is 4.14. The second kappa shape index (κ2) is 7.32. The molecule has 25 heavy (non-hydrogen) atoms. The Morgan fingerprint density at radius 3 is 2.48 bits per heavy atom. The van der Waals surface area contributed by atoms with Gasteiger partial charge < -0.3 is 10.6 Å². The minimum Gasteiger partial charge on any atom is -0.340 e. The molecule has 3 rings (SSSR count). The lowest BCUT2D eigenvalue weighted by Crippen LogP contribution is -2.00. The number of benzene rings is 2. The van der Waals surface area contributed by atoms with Crippen molar-refractivity contribution in [2.24, 2.45) is 0 Å². The summed E-state index contributed by atoms with van der Waals surface area (Å²) in [5.41, 5.74) is 3.27. The third-order valence-electron chi connectivity index (χ3n) is 3.74. The van der Waals surface area contributed by atoms with E-state index in [-0.39, 0.29) is 5.78 Å². The largest absolute Gasteiger partial charge is 0.340 e. The van der Waals surface area contributed by atoms with E-state index in [1.54, 1.807) is 25.1 Å². The zero-order valence-electron chi connectivity index (χ0n) is 13.9. The van der Waals surface area contributed by atoms with Crippen LogP contribution in [0.5, 0.6) is 0 Å². The molecule has 3 aromatic rings. The SMILES string of the molecule is CC(=O)c1cccc(Nc2cc(Nc3cccc(Cl)c3C)ncn2)c1. The van der Waals surface area contributed by atoms with Gasteiger partial charge >= 0.3 is 0 Å². The van der Waals surface area contributed by atoms with Crippen LogP contribution in [0.15, 0.2) is 54.9 Å². The summed E-state index contributed by atoms with van der Waals surface area (Å²) in [6.07, 6.45) is 1.47. The van der Waals surface area contributed by atoms with Gasteiger partial charge in [0.15, 0.2) is 5.78 Å². The highest BCUT2D eigenvalue weighted by molar-refractivity contribution is 6.31. The summed E-state index contributed by atoms with van der Waals surface area (Å²) in [5, 5.41) is 7.11. The summed E-state index contributed by atoms with van der Waals surface area (Å²) >= 11 is 6.15. The van der Waals surface area contributed by atoms with Crippen molar-refractivity contribution in [1.29, 1.82) is 0 Å². The summed E-state index contributed by atoms with van der Waals surface area (Å²) < 4.78 is 0. The molecule has 1 heterocycles. The van der Waals surface area contributed by atoms with E-state index in [9.17, 15) is 4.79 Å². The molecule has 2 aromatic carbocycles. The fraction of sp³-hybridized carbons (Fsp3) is 0.105. The number of ketones is 1. The zero-order valence-corrected chi connectivity index (χ0v) is 14.6. The molecular formula is C19H17ClN4O. The highest BCUT2D eigenvalue weighted by Gasteiger charge is 2.06. The first-order valence-corrected chi connectivity index (χ1v) is 8.13. The van der Waals surface area contributed by atoms with E-state index in [0.29, 0.717) is 22.2 Å². The molecule has 0 atom stereocenters. The van der Waals surface area contributed by atoms with E-state index in [4.69, 9.17) is 11.6 Å². The molecule has 0 bridgehead atoms. The van der Waals surface area contributed by atoms with E-state index in [0.717, 1.165) is 16.9 Å². The Bertz CT molecular complexity index is 927. The van der Waals surface area contributed by atoms with Crippen molar-refractivity contribution in [3.05, 3.63) is 71.0 Å². The third-order valence-corrected chi connectivity index (χ3v) is 4.15. The topological polar surface area (TPSA) is 66.9 Å². The van der Waals surface area contributed by atoms with Crippen LogP contribution in [-0.2, 0) is 0 Å². The van der Waals surface area contributed by atoms with Gasteiger partial charge in [-0.1, -0.05) is 29.8 Å². The molecule has 0 fully saturated rings. The van der Waals surface area contributed by atoms with Gasteiger partial charge in [-0.25, -0.2) is 9.97 Å². The van der Waals surface area contributed by atoms with Crippen LogP contribution in [0.3, 0.4) is 0 Å². The van der Waals surface area contributed by atoms with Gasteiger partial charge in [0.2, 0.25) is 0 Å². The van der Waals surface area contributed by atoms with Crippen molar-refractivity contribution in [1.82, 2.24) is 9.97 Å². The standard InChI is InChI=1S/C19H17ClN4O/c1-12-16(20)7-4-8-17(12)24-19-10-18(21-11-22-19)23-15-6-3-5-14(9-15)13(2)25/h3-11H,1-2H3,(H2,21,22,23,24). The number of Topliss-reactive ketones (excluding diaryl/α,β-unsaturated/α-hetero) is 1. The Labute approximate surface area is 151 Å². The van der Waals surface area contributed by atoms with Crippen molar-refractivity contribution in [2.75, 3.05) is 10.6 Å². The van der Waals surface area contributed by atoms with Gasteiger partial charge in [0, 0.05) is 28.0 Å². The summed E-state index contributed by atoms with van der Waals surface area (Å²) in [4.78, 5) is 19.9. The summed E-state index contributed by atoms with van der Waals surface area (Å²) in [7, 11) is 0. The Morgan fingerprint density at radius 2 is 1.72 bits per heavy atom. The number of halogens is 1. The van der Waals surface area contributed by atoms with Crippen LogP contribution in [0, 0.1) is 6.92 Å². The lowest BCUT2D eigenvalue weighted by Gasteiger charge is -2.11. The van der Waals surface area contributed by atoms with Gasteiger partial charge in [-0.3, -0.25) is 4.79 Å². The van der Waals surface area contributed by atoms with Gasteiger partial charge in [-0.2, -0.15) is 0 Å². The number of nitrogens with one attached hydrogen (secondary N) is 2. The molecule has 1 aromatic heterocycles. The molecule has 2 N–H and O–H groups in total. The molecule has 0 spiro atoms. The maximum atomic E-state index is 11.5. The smallest absolute Gasteiger partial charge is 0.159 e. The van der Waals surface area contributed by atoms with Gasteiger partial charge in [-0.15, -0.1) is 0 Å². The molecule has 5 nitrogen and oxygen atoms in total. The number of nitrogens with zero attached hydrogens (tertiary/aromatic N) is 2. The lowest BCUT2D eigenvalue weighted by molar-refractivity contribution is 0.101. The number of hydrogen-bond donors (Lipinski definition) is 2. The zero-order chi connectivity index (χ0) is 17.8. The number of carbonyl (C=O) groups excluding carboxylic acids is 1. The molecule has 126 valence electrons. The van der Waals surface area contributed by atoms with E-state index in [1.165, 1.54) is 6.33 Å². The van der Waals surface area contributed by atoms with Gasteiger partial charge in [0.05, 0.1) is 0 Å². The number of rotatable bonds is 5. The van der Waals surface area contributed by atoms with E-state index in [2.05, 4.69) is 20.6 Å². The van der Waals surface area contributed by atoms with Crippen LogP contribution < -0.4 is 10.6 Å². The second-order valence-electron chi connectivity index (χ2n) is 5.59. The van der Waals surface area contributed by atoms with Crippen LogP contribution in [0.2, 0.25) is 5.02 Å². The van der Waals surface area contributed by atoms with Crippen molar-refractivity contribution < 1.29 is 4.79 Å². The van der Waals surface area contributed by atoms with Gasteiger partial charge in [0.1, 0.15) is 18.0 Å². The predicted octanol–water partition coefficient (Wildman–Crippen LogP) is 5.13. The first kappa shape index (κ1) is 16.9. The first-order valence-electron chi connectivity index (χ1n) is 7.75. The predicted molar refractivity (Wildman–Crippen MR) is 101 cm³/mol. The van der Waals surface area contributed by atoms with Crippen molar-refractivity contribution in [3.63, 3.8) is 0 Å². The minimum absolute atomic E-state index is 0.0186. The van der Waals surface area contributed by atoms with Crippen molar-refractivity contribution >= 4 is 40.4 Å². The van der Waals surface area contributed by atoms with Crippen molar-refractivity contribution in [2.45, 2.75) is 13.8 Å². The fourth-order valence-electron chi connectivity index (χ4n) is 2.34. The number of anilines is 4. The number of hydrogen-bond acceptors (Lipinski definition) is 5. The molecule has 0 aliphatic carbocycles. The molecule has 0 unspecified atom stereocenters. The van der Waals surface area contributed by atoms with Crippen LogP contribution in [0.1, 0.15) is 22.8 Å². The average molecular weight is 353 g/mol. The maximum absolute atomic E-state index is 11.5. The molecular weight excluding hydrogens is 336 g/mol. The molecule has 0 saturated heterocycles. The summed E-state index contributed by atoms with van der Waals surface area (Å²) in [6.45, 7) is 3.48. The number of carbonyl (C=O) groups is 1. The number of aromatic nitrogens is 2. The lowest BCUT2D eigenvalue weighted by atomic mass is 10.1. The quantitative estimate of drug-likeness (QED) is 0.623. The van der Waals surface area contributed by atoms with Crippen LogP contribution in [-0.4, -0.2) is 15.8 Å². The monoisotopic (exact) mass is 352 g/mol. The summed E-state index contributed by atoms with van der Waals surface area (Å²) in [5.74, 6) is 1.29. The Morgan fingerprint density at radius 1 is 1.00 bits per heavy atom. The maximum Gasteiger partial charge on any atom is 0.159 e. The molecule has 0 saturated carbocycles. The summed E-state index contributed by atoms with van der Waals surface area (Å²) in [6, 6.07) is 14.7. The van der Waals surface area contributed by atoms with Gasteiger partial charge in [-0.05, 0) is 43.7 Å². The van der Waals surface area contributed by atoms with E-state index < -0.39 is 0 Å². The van der Waals surface area contributed by atoms with Crippen molar-refractivity contribution in [3.8, 4) is 0 Å². The first-order chi connectivity index (χ1) is 12.0. The van der Waals surface area contributed by atoms with Crippen LogP contribution >= 0.6 is 11.6 Å². The highest BCUT2D eigenvalue weighted by atomic mass is 35.5. The van der Waals surface area contributed by atoms with Crippen LogP contribution in [0.25, 0.3) is 0 Å². The minimum atomic E-state index is 0.0186. The second-order valence-corrected chi connectivity index (χ2v) is 6.00.